The van der Waals surface area contributed by atoms with Gasteiger partial charge >= 0.3 is 0 Å². The molecule has 2 heterocycles. The largest absolute Gasteiger partial charge is 0.455 e. The highest BCUT2D eigenvalue weighted by molar-refractivity contribution is 6.12. The summed E-state index contributed by atoms with van der Waals surface area (Å²) in [7, 11) is 0. The van der Waals surface area contributed by atoms with E-state index in [2.05, 4.69) is 217 Å². The number of fused-ring (bicyclic) bond motifs is 9. The Morgan fingerprint density at radius 2 is 1.03 bits per heavy atom. The minimum atomic E-state index is -0.127. The number of hydrogen-bond acceptors (Lipinski definition) is 2. The van der Waals surface area contributed by atoms with Crippen LogP contribution in [0.4, 0.5) is 17.1 Å². The fourth-order valence-electron chi connectivity index (χ4n) is 9.93. The van der Waals surface area contributed by atoms with Crippen LogP contribution in [-0.4, -0.2) is 4.57 Å². The molecule has 0 unspecified atom stereocenters. The minimum absolute atomic E-state index is 0.127. The van der Waals surface area contributed by atoms with Gasteiger partial charge in [-0.1, -0.05) is 159 Å². The molecule has 0 saturated heterocycles. The van der Waals surface area contributed by atoms with Gasteiger partial charge in [0.15, 0.2) is 0 Å². The number of furan rings is 1. The topological polar surface area (TPSA) is 21.3 Å². The normalized spacial score (nSPS) is 13.0. The second-order valence-corrected chi connectivity index (χ2v) is 16.5. The summed E-state index contributed by atoms with van der Waals surface area (Å²) < 4.78 is 8.82. The lowest BCUT2D eigenvalue weighted by atomic mass is 9.82. The lowest BCUT2D eigenvalue weighted by Crippen LogP contribution is -2.16. The van der Waals surface area contributed by atoms with Crippen LogP contribution in [0.5, 0.6) is 0 Å². The smallest absolute Gasteiger partial charge is 0.143 e. The van der Waals surface area contributed by atoms with Gasteiger partial charge in [-0.15, -0.1) is 0 Å². The van der Waals surface area contributed by atoms with Crippen molar-refractivity contribution in [3.05, 3.63) is 217 Å². The molecule has 12 rings (SSSR count). The van der Waals surface area contributed by atoms with Crippen molar-refractivity contribution >= 4 is 60.8 Å². The number of nitrogens with zero attached hydrogens (tertiary/aromatic N) is 2. The zero-order chi connectivity index (χ0) is 40.0. The third-order valence-corrected chi connectivity index (χ3v) is 12.8. The van der Waals surface area contributed by atoms with Crippen molar-refractivity contribution < 1.29 is 4.42 Å². The second kappa shape index (κ2) is 13.2. The number of para-hydroxylation sites is 4. The molecule has 0 saturated carbocycles. The molecule has 0 spiro atoms. The van der Waals surface area contributed by atoms with E-state index in [1.54, 1.807) is 0 Å². The van der Waals surface area contributed by atoms with Gasteiger partial charge < -0.3 is 13.9 Å². The number of anilines is 3. The Balaban J connectivity index is 1.02. The van der Waals surface area contributed by atoms with Crippen molar-refractivity contribution in [3.63, 3.8) is 0 Å². The van der Waals surface area contributed by atoms with Crippen molar-refractivity contribution in [2.75, 3.05) is 4.90 Å². The molecule has 60 heavy (non-hydrogen) atoms. The van der Waals surface area contributed by atoms with Gasteiger partial charge in [-0.05, 0) is 94.0 Å². The molecule has 1 aliphatic carbocycles. The SMILES string of the molecule is CC1(C)c2ccccc2-c2ccc(N(c3ccc4c(c3)c3ccccc3n4-c3ccc(-c4cccc5c4oc4ccccc45)cc3)c3ccccc3-c3ccccc3)cc21. The van der Waals surface area contributed by atoms with Crippen LogP contribution in [0.1, 0.15) is 25.0 Å². The molecule has 2 aromatic heterocycles. The first-order valence-electron chi connectivity index (χ1n) is 20.8. The standard InChI is InChI=1S/C57H40N2O/c1-57(2)50-23-10-6-18-44(50)45-33-31-41(36-51(45)57)58(52-24-11-7-17-42(52)37-15-4-3-5-16-37)40-32-34-54-49(35-40)46-19-8-12-25-53(46)59(54)39-29-27-38(28-30-39)43-21-14-22-48-47-20-9-13-26-55(47)60-56(43)48/h3-36H,1-2H3. The quantitative estimate of drug-likeness (QED) is 0.168. The first kappa shape index (κ1) is 34.4. The molecule has 0 atom stereocenters. The van der Waals surface area contributed by atoms with E-state index < -0.39 is 0 Å². The zero-order valence-corrected chi connectivity index (χ0v) is 33.4. The average molecular weight is 769 g/mol. The summed E-state index contributed by atoms with van der Waals surface area (Å²) in [6.07, 6.45) is 0. The molecule has 9 aromatic carbocycles. The van der Waals surface area contributed by atoms with Gasteiger partial charge in [0.25, 0.3) is 0 Å². The fraction of sp³-hybridized carbons (Fsp3) is 0.0526. The Kier molecular flexibility index (Phi) is 7.58. The van der Waals surface area contributed by atoms with E-state index in [0.717, 1.165) is 61.3 Å². The molecule has 284 valence electrons. The average Bonchev–Trinajstić information content (AvgIpc) is 3.92. The lowest BCUT2D eigenvalue weighted by molar-refractivity contribution is 0.660. The van der Waals surface area contributed by atoms with Crippen LogP contribution in [-0.2, 0) is 5.41 Å². The molecular formula is C57H40N2O. The number of benzene rings is 9. The van der Waals surface area contributed by atoms with Gasteiger partial charge in [-0.25, -0.2) is 0 Å². The van der Waals surface area contributed by atoms with Crippen LogP contribution in [0, 0.1) is 0 Å². The molecule has 3 heteroatoms. The molecular weight excluding hydrogens is 729 g/mol. The van der Waals surface area contributed by atoms with Gasteiger partial charge in [-0.2, -0.15) is 0 Å². The number of rotatable bonds is 6. The van der Waals surface area contributed by atoms with E-state index in [-0.39, 0.29) is 5.41 Å². The maximum Gasteiger partial charge on any atom is 0.143 e. The van der Waals surface area contributed by atoms with Crippen molar-refractivity contribution in [2.24, 2.45) is 0 Å². The summed E-state index contributed by atoms with van der Waals surface area (Å²) >= 11 is 0. The summed E-state index contributed by atoms with van der Waals surface area (Å²) in [6.45, 7) is 4.72. The van der Waals surface area contributed by atoms with E-state index in [4.69, 9.17) is 4.42 Å². The third kappa shape index (κ3) is 5.15. The maximum atomic E-state index is 6.42. The minimum Gasteiger partial charge on any atom is -0.455 e. The molecule has 0 N–H and O–H groups in total. The van der Waals surface area contributed by atoms with Gasteiger partial charge in [-0.3, -0.25) is 0 Å². The molecule has 11 aromatic rings. The molecule has 0 fully saturated rings. The molecule has 0 aliphatic heterocycles. The molecule has 0 radical (unpaired) electrons. The highest BCUT2D eigenvalue weighted by atomic mass is 16.3. The van der Waals surface area contributed by atoms with Crippen molar-refractivity contribution in [1.29, 1.82) is 0 Å². The van der Waals surface area contributed by atoms with E-state index in [1.807, 2.05) is 12.1 Å². The van der Waals surface area contributed by atoms with Crippen molar-refractivity contribution in [1.82, 2.24) is 4.57 Å². The van der Waals surface area contributed by atoms with Crippen LogP contribution >= 0.6 is 0 Å². The van der Waals surface area contributed by atoms with Crippen LogP contribution in [0.2, 0.25) is 0 Å². The second-order valence-electron chi connectivity index (χ2n) is 16.5. The summed E-state index contributed by atoms with van der Waals surface area (Å²) in [5, 5.41) is 4.70. The molecule has 0 bridgehead atoms. The van der Waals surface area contributed by atoms with Crippen molar-refractivity contribution in [3.8, 4) is 39.1 Å². The summed E-state index contributed by atoms with van der Waals surface area (Å²) in [4.78, 5) is 2.46. The zero-order valence-electron chi connectivity index (χ0n) is 33.4. The van der Waals surface area contributed by atoms with Gasteiger partial charge in [0.1, 0.15) is 11.2 Å². The van der Waals surface area contributed by atoms with Gasteiger partial charge in [0.2, 0.25) is 0 Å². The Morgan fingerprint density at radius 1 is 0.417 bits per heavy atom. The molecule has 1 aliphatic rings. The molecule has 0 amide bonds. The van der Waals surface area contributed by atoms with Gasteiger partial charge in [0.05, 0.1) is 16.7 Å². The predicted octanol–water partition coefficient (Wildman–Crippen LogP) is 15.8. The summed E-state index contributed by atoms with van der Waals surface area (Å²) in [6, 6.07) is 74.9. The first-order valence-corrected chi connectivity index (χ1v) is 20.8. The Bertz CT molecular complexity index is 3460. The van der Waals surface area contributed by atoms with Crippen LogP contribution < -0.4 is 4.90 Å². The highest BCUT2D eigenvalue weighted by Gasteiger charge is 2.36. The lowest BCUT2D eigenvalue weighted by Gasteiger charge is -2.30. The monoisotopic (exact) mass is 768 g/mol. The number of hydrogen-bond donors (Lipinski definition) is 0. The predicted molar refractivity (Wildman–Crippen MR) is 251 cm³/mol. The van der Waals surface area contributed by atoms with Crippen LogP contribution in [0.3, 0.4) is 0 Å². The van der Waals surface area contributed by atoms with Crippen LogP contribution in [0.15, 0.2) is 211 Å². The van der Waals surface area contributed by atoms with E-state index in [0.29, 0.717) is 0 Å². The molecule has 3 nitrogen and oxygen atoms in total. The summed E-state index contributed by atoms with van der Waals surface area (Å²) in [5.41, 5.74) is 18.5. The van der Waals surface area contributed by atoms with E-state index in [9.17, 15) is 0 Å². The Morgan fingerprint density at radius 3 is 1.90 bits per heavy atom. The van der Waals surface area contributed by atoms with Gasteiger partial charge in [0, 0.05) is 55.1 Å². The first-order chi connectivity index (χ1) is 29.5. The van der Waals surface area contributed by atoms with E-state index in [1.165, 1.54) is 49.7 Å². The number of aromatic nitrogens is 1. The fourth-order valence-corrected chi connectivity index (χ4v) is 9.93. The van der Waals surface area contributed by atoms with E-state index >= 15 is 0 Å². The maximum absolute atomic E-state index is 6.42. The highest BCUT2D eigenvalue weighted by Crippen LogP contribution is 2.51. The third-order valence-electron chi connectivity index (χ3n) is 12.8. The van der Waals surface area contributed by atoms with Crippen LogP contribution in [0.25, 0.3) is 82.8 Å². The Hall–Kier alpha value is -7.62. The van der Waals surface area contributed by atoms with Crippen molar-refractivity contribution in [2.45, 2.75) is 19.3 Å². The summed E-state index contributed by atoms with van der Waals surface area (Å²) in [5.74, 6) is 0. The Labute approximate surface area is 349 Å².